The Labute approximate surface area is 212 Å². The van der Waals surface area contributed by atoms with Gasteiger partial charge in [-0.3, -0.25) is 19.2 Å². The van der Waals surface area contributed by atoms with Crippen molar-refractivity contribution in [3.05, 3.63) is 87.4 Å². The van der Waals surface area contributed by atoms with Crippen LogP contribution in [0.2, 0.25) is 5.02 Å². The van der Waals surface area contributed by atoms with Gasteiger partial charge in [0.1, 0.15) is 12.3 Å². The fourth-order valence-corrected chi connectivity index (χ4v) is 4.62. The van der Waals surface area contributed by atoms with Crippen LogP contribution in [-0.4, -0.2) is 46.2 Å². The van der Waals surface area contributed by atoms with Crippen molar-refractivity contribution < 1.29 is 27.6 Å². The lowest BCUT2D eigenvalue weighted by Gasteiger charge is -2.23. The van der Waals surface area contributed by atoms with Crippen molar-refractivity contribution in [2.24, 2.45) is 5.10 Å². The Morgan fingerprint density at radius 3 is 2.33 bits per heavy atom. The summed E-state index contributed by atoms with van der Waals surface area (Å²) in [6, 6.07) is 15.8. The molecular formula is C23H21ClN4O7S. The number of sulfonamides is 1. The van der Waals surface area contributed by atoms with Crippen molar-refractivity contribution in [1.29, 1.82) is 0 Å². The summed E-state index contributed by atoms with van der Waals surface area (Å²) in [7, 11) is -1.39. The van der Waals surface area contributed by atoms with Gasteiger partial charge in [-0.05, 0) is 60.7 Å². The van der Waals surface area contributed by atoms with Crippen LogP contribution in [0.5, 0.6) is 11.5 Å². The Morgan fingerprint density at radius 2 is 1.75 bits per heavy atom. The van der Waals surface area contributed by atoms with Crippen LogP contribution < -0.4 is 19.2 Å². The summed E-state index contributed by atoms with van der Waals surface area (Å²) in [6.45, 7) is -0.601. The second-order valence-corrected chi connectivity index (χ2v) is 9.44. The predicted molar refractivity (Wildman–Crippen MR) is 134 cm³/mol. The van der Waals surface area contributed by atoms with E-state index in [9.17, 15) is 23.3 Å². The first-order chi connectivity index (χ1) is 17.1. The van der Waals surface area contributed by atoms with Crippen molar-refractivity contribution in [3.63, 3.8) is 0 Å². The fourth-order valence-electron chi connectivity index (χ4n) is 3.07. The third kappa shape index (κ3) is 6.29. The number of amides is 1. The Hall–Kier alpha value is -4.16. The summed E-state index contributed by atoms with van der Waals surface area (Å²) < 4.78 is 37.7. The fraction of sp³-hybridized carbons (Fsp3) is 0.130. The molecule has 0 unspecified atom stereocenters. The van der Waals surface area contributed by atoms with Gasteiger partial charge in [-0.2, -0.15) is 5.10 Å². The highest BCUT2D eigenvalue weighted by Crippen LogP contribution is 2.27. The number of anilines is 1. The average molecular weight is 533 g/mol. The maximum absolute atomic E-state index is 13.4. The zero-order chi connectivity index (χ0) is 26.3. The summed E-state index contributed by atoms with van der Waals surface area (Å²) in [4.78, 5) is 23.1. The smallest absolute Gasteiger partial charge is 0.311 e. The number of carbonyl (C=O) groups is 1. The van der Waals surface area contributed by atoms with Crippen LogP contribution in [0.1, 0.15) is 5.56 Å². The molecular weight excluding hydrogens is 512 g/mol. The second-order valence-electron chi connectivity index (χ2n) is 7.15. The zero-order valence-corrected chi connectivity index (χ0v) is 20.7. The molecule has 0 aliphatic rings. The Kier molecular flexibility index (Phi) is 8.46. The number of ether oxygens (including phenoxy) is 2. The van der Waals surface area contributed by atoms with Crippen molar-refractivity contribution in [1.82, 2.24) is 5.43 Å². The molecule has 0 aliphatic carbocycles. The van der Waals surface area contributed by atoms with Crippen molar-refractivity contribution in [3.8, 4) is 11.5 Å². The van der Waals surface area contributed by atoms with Crippen LogP contribution in [0.4, 0.5) is 11.4 Å². The van der Waals surface area contributed by atoms with Gasteiger partial charge in [-0.15, -0.1) is 0 Å². The summed E-state index contributed by atoms with van der Waals surface area (Å²) in [5.41, 5.74) is 2.50. The molecule has 0 radical (unpaired) electrons. The minimum Gasteiger partial charge on any atom is -0.497 e. The minimum absolute atomic E-state index is 0.0555. The molecule has 36 heavy (non-hydrogen) atoms. The molecule has 3 aromatic rings. The molecule has 13 heteroatoms. The van der Waals surface area contributed by atoms with Gasteiger partial charge < -0.3 is 9.47 Å². The highest BCUT2D eigenvalue weighted by molar-refractivity contribution is 7.92. The molecule has 188 valence electrons. The van der Waals surface area contributed by atoms with Gasteiger partial charge >= 0.3 is 5.69 Å². The van der Waals surface area contributed by atoms with E-state index in [1.54, 1.807) is 0 Å². The van der Waals surface area contributed by atoms with E-state index in [-0.39, 0.29) is 22.0 Å². The number of hydrogen-bond acceptors (Lipinski definition) is 8. The highest BCUT2D eigenvalue weighted by Gasteiger charge is 2.27. The quantitative estimate of drug-likeness (QED) is 0.239. The van der Waals surface area contributed by atoms with Gasteiger partial charge in [0, 0.05) is 16.7 Å². The van der Waals surface area contributed by atoms with E-state index in [0.717, 1.165) is 4.31 Å². The van der Waals surface area contributed by atoms with Crippen molar-refractivity contribution in [2.75, 3.05) is 25.1 Å². The van der Waals surface area contributed by atoms with Gasteiger partial charge in [0.2, 0.25) is 0 Å². The molecule has 11 nitrogen and oxygen atoms in total. The van der Waals surface area contributed by atoms with Crippen LogP contribution in [0.3, 0.4) is 0 Å². The van der Waals surface area contributed by atoms with E-state index in [0.29, 0.717) is 16.3 Å². The first-order valence-corrected chi connectivity index (χ1v) is 12.0. The van der Waals surface area contributed by atoms with E-state index in [2.05, 4.69) is 10.5 Å². The number of nitrogens with zero attached hydrogens (tertiary/aromatic N) is 3. The molecule has 3 rings (SSSR count). The molecule has 0 atom stereocenters. The largest absolute Gasteiger partial charge is 0.497 e. The molecule has 0 bridgehead atoms. The van der Waals surface area contributed by atoms with E-state index >= 15 is 0 Å². The van der Waals surface area contributed by atoms with E-state index in [1.807, 2.05) is 0 Å². The van der Waals surface area contributed by atoms with Crippen LogP contribution >= 0.6 is 11.6 Å². The number of benzene rings is 3. The molecule has 0 aromatic heterocycles. The number of hydrazone groups is 1. The van der Waals surface area contributed by atoms with E-state index in [1.165, 1.54) is 87.2 Å². The summed E-state index contributed by atoms with van der Waals surface area (Å²) in [5, 5.41) is 15.4. The molecule has 3 aromatic carbocycles. The monoisotopic (exact) mass is 532 g/mol. The maximum Gasteiger partial charge on any atom is 0.311 e. The van der Waals surface area contributed by atoms with Gasteiger partial charge in [0.25, 0.3) is 15.9 Å². The number of nitrogens with one attached hydrogen (secondary N) is 1. The number of nitro benzene ring substituents is 1. The standard InChI is InChI=1S/C23H21ClN4O7S/c1-34-19-8-10-20(11-9-19)36(32,33)27(18-6-4-17(24)5-7-18)15-23(29)26-25-14-16-3-12-22(35-2)21(13-16)28(30)31/h3-14H,15H2,1-2H3,(H,26,29)/b25-14-. The number of rotatable bonds is 10. The lowest BCUT2D eigenvalue weighted by atomic mass is 10.2. The topological polar surface area (TPSA) is 140 Å². The first kappa shape index (κ1) is 26.4. The summed E-state index contributed by atoms with van der Waals surface area (Å²) in [6.07, 6.45) is 1.19. The maximum atomic E-state index is 13.4. The minimum atomic E-state index is -4.15. The van der Waals surface area contributed by atoms with Crippen LogP contribution in [0.15, 0.2) is 76.7 Å². The van der Waals surface area contributed by atoms with Crippen LogP contribution in [-0.2, 0) is 14.8 Å². The number of hydrogen-bond donors (Lipinski definition) is 1. The average Bonchev–Trinajstić information content (AvgIpc) is 2.87. The van der Waals surface area contributed by atoms with E-state index < -0.39 is 27.4 Å². The van der Waals surface area contributed by atoms with Crippen LogP contribution in [0, 0.1) is 10.1 Å². The normalized spacial score (nSPS) is 11.2. The second kappa shape index (κ2) is 11.5. The molecule has 1 N–H and O–H groups in total. The van der Waals surface area contributed by atoms with Crippen LogP contribution in [0.25, 0.3) is 0 Å². The van der Waals surface area contributed by atoms with Crippen molar-refractivity contribution in [2.45, 2.75) is 4.90 Å². The number of nitro groups is 1. The van der Waals surface area contributed by atoms with Gasteiger partial charge in [-0.1, -0.05) is 11.6 Å². The van der Waals surface area contributed by atoms with Gasteiger partial charge in [-0.25, -0.2) is 13.8 Å². The summed E-state index contributed by atoms with van der Waals surface area (Å²) in [5.74, 6) is -0.206. The molecule has 0 heterocycles. The third-order valence-electron chi connectivity index (χ3n) is 4.85. The molecule has 0 aliphatic heterocycles. The zero-order valence-electron chi connectivity index (χ0n) is 19.1. The number of carbonyl (C=O) groups excluding carboxylic acids is 1. The lowest BCUT2D eigenvalue weighted by molar-refractivity contribution is -0.385. The predicted octanol–water partition coefficient (Wildman–Crippen LogP) is 3.61. The molecule has 0 fully saturated rings. The summed E-state index contributed by atoms with van der Waals surface area (Å²) >= 11 is 5.93. The Balaban J connectivity index is 1.82. The number of methoxy groups -OCH3 is 2. The third-order valence-corrected chi connectivity index (χ3v) is 6.89. The first-order valence-electron chi connectivity index (χ1n) is 10.2. The van der Waals surface area contributed by atoms with Gasteiger partial charge in [0.05, 0.1) is 35.9 Å². The molecule has 1 amide bonds. The molecule has 0 saturated carbocycles. The SMILES string of the molecule is COc1ccc(S(=O)(=O)N(CC(=O)N/N=C\c2ccc(OC)c([N+](=O)[O-])c2)c2ccc(Cl)cc2)cc1. The number of halogens is 1. The Bertz CT molecular complexity index is 1380. The van der Waals surface area contributed by atoms with Gasteiger partial charge in [0.15, 0.2) is 5.75 Å². The van der Waals surface area contributed by atoms with Crippen molar-refractivity contribution >= 4 is 45.1 Å². The molecule has 0 spiro atoms. The Morgan fingerprint density at radius 1 is 1.08 bits per heavy atom. The molecule has 0 saturated heterocycles. The lowest BCUT2D eigenvalue weighted by Crippen LogP contribution is -2.39. The highest BCUT2D eigenvalue weighted by atomic mass is 35.5. The van der Waals surface area contributed by atoms with E-state index in [4.69, 9.17) is 21.1 Å².